The second-order valence-electron chi connectivity index (χ2n) is 11.6. The van der Waals surface area contributed by atoms with Gasteiger partial charge < -0.3 is 34.3 Å². The van der Waals surface area contributed by atoms with Crippen LogP contribution in [0, 0.1) is 5.41 Å². The maximum Gasteiger partial charge on any atom is 0.335 e. The molecule has 11 nitrogen and oxygen atoms in total. The normalized spacial score (nSPS) is 16.2. The first-order chi connectivity index (χ1) is 21.8. The summed E-state index contributed by atoms with van der Waals surface area (Å²) < 4.78 is 23.1. The summed E-state index contributed by atoms with van der Waals surface area (Å²) in [5.74, 6) is -1.58. The average molecular weight is 653 g/mol. The number of ether oxygens (including phenoxy) is 4. The molecular weight excluding hydrogens is 616 g/mol. The number of nitrogens with one attached hydrogen (secondary N) is 1. The number of esters is 1. The molecule has 0 aromatic heterocycles. The minimum absolute atomic E-state index is 0.0504. The van der Waals surface area contributed by atoms with Crippen molar-refractivity contribution in [1.82, 2.24) is 5.32 Å². The van der Waals surface area contributed by atoms with E-state index in [4.69, 9.17) is 35.7 Å². The fourth-order valence-electron chi connectivity index (χ4n) is 5.20. The number of carboxylic acids is 1. The fourth-order valence-corrected chi connectivity index (χ4v) is 5.38. The summed E-state index contributed by atoms with van der Waals surface area (Å²) in [4.78, 5) is 52.0. The molecule has 0 bridgehead atoms. The first-order valence-corrected chi connectivity index (χ1v) is 14.9. The number of methoxy groups -OCH3 is 2. The zero-order chi connectivity index (χ0) is 33.6. The number of aromatic carboxylic acids is 1. The van der Waals surface area contributed by atoms with Crippen LogP contribution in [0.1, 0.15) is 60.3 Å². The van der Waals surface area contributed by atoms with Crippen LogP contribution in [0.25, 0.3) is 0 Å². The van der Waals surface area contributed by atoms with E-state index in [0.29, 0.717) is 38.9 Å². The van der Waals surface area contributed by atoms with Crippen molar-refractivity contribution in [1.29, 1.82) is 0 Å². The first kappa shape index (κ1) is 34.3. The van der Waals surface area contributed by atoms with Crippen LogP contribution in [-0.4, -0.2) is 62.3 Å². The number of anilines is 1. The molecule has 0 spiro atoms. The summed E-state index contributed by atoms with van der Waals surface area (Å²) in [6.45, 7) is 5.35. The monoisotopic (exact) mass is 652 g/mol. The van der Waals surface area contributed by atoms with Crippen LogP contribution in [0.5, 0.6) is 11.5 Å². The molecule has 46 heavy (non-hydrogen) atoms. The molecule has 3 aromatic carbocycles. The molecule has 12 heteroatoms. The zero-order valence-electron chi connectivity index (χ0n) is 26.3. The number of hydrogen-bond acceptors (Lipinski definition) is 8. The van der Waals surface area contributed by atoms with E-state index in [9.17, 15) is 19.2 Å². The molecular formula is C34H37ClN2O9. The third kappa shape index (κ3) is 8.15. The molecule has 0 aliphatic carbocycles. The molecule has 0 saturated carbocycles. The Balaban J connectivity index is 1.73. The van der Waals surface area contributed by atoms with Gasteiger partial charge in [-0.05, 0) is 42.0 Å². The van der Waals surface area contributed by atoms with Crippen molar-refractivity contribution in [2.45, 2.75) is 45.9 Å². The molecule has 4 rings (SSSR count). The Bertz CT molecular complexity index is 1610. The number of carbonyl (C=O) groups excluding carboxylic acids is 3. The van der Waals surface area contributed by atoms with E-state index in [-0.39, 0.29) is 31.7 Å². The molecule has 2 amide bonds. The molecule has 0 radical (unpaired) electrons. The average Bonchev–Trinajstić information content (AvgIpc) is 3.12. The first-order valence-electron chi connectivity index (χ1n) is 14.5. The Hall–Kier alpha value is -4.61. The van der Waals surface area contributed by atoms with Crippen molar-refractivity contribution < 1.29 is 43.2 Å². The van der Waals surface area contributed by atoms with Crippen LogP contribution in [0.4, 0.5) is 5.69 Å². The van der Waals surface area contributed by atoms with Gasteiger partial charge in [0.1, 0.15) is 12.2 Å². The zero-order valence-corrected chi connectivity index (χ0v) is 27.1. The van der Waals surface area contributed by atoms with Crippen molar-refractivity contribution in [2.24, 2.45) is 5.41 Å². The van der Waals surface area contributed by atoms with Gasteiger partial charge in [0.15, 0.2) is 11.5 Å². The van der Waals surface area contributed by atoms with Gasteiger partial charge in [-0.25, -0.2) is 4.79 Å². The number of nitrogens with zero attached hydrogens (tertiary/aromatic N) is 1. The Morgan fingerprint density at radius 1 is 1.02 bits per heavy atom. The summed E-state index contributed by atoms with van der Waals surface area (Å²) in [6.07, 6.45) is -2.46. The smallest absolute Gasteiger partial charge is 0.335 e. The molecule has 2 atom stereocenters. The third-order valence-corrected chi connectivity index (χ3v) is 7.67. The lowest BCUT2D eigenvalue weighted by Crippen LogP contribution is -2.46. The molecule has 2 N–H and O–H groups in total. The maximum absolute atomic E-state index is 14.3. The Morgan fingerprint density at radius 2 is 1.74 bits per heavy atom. The van der Waals surface area contributed by atoms with Crippen LogP contribution in [0.3, 0.4) is 0 Å². The number of fused-ring (bicyclic) bond motifs is 1. The van der Waals surface area contributed by atoms with E-state index in [0.717, 1.165) is 0 Å². The molecule has 0 unspecified atom stereocenters. The number of benzene rings is 3. The number of carboxylic acid groups (broad SMARTS) is 1. The minimum Gasteiger partial charge on any atom is -0.493 e. The van der Waals surface area contributed by atoms with Crippen LogP contribution in [0.15, 0.2) is 60.7 Å². The van der Waals surface area contributed by atoms with Crippen molar-refractivity contribution in [2.75, 3.05) is 32.3 Å². The summed E-state index contributed by atoms with van der Waals surface area (Å²) in [7, 11) is 3.01. The van der Waals surface area contributed by atoms with E-state index in [1.54, 1.807) is 53.4 Å². The largest absolute Gasteiger partial charge is 0.493 e. The molecule has 244 valence electrons. The predicted octanol–water partition coefficient (Wildman–Crippen LogP) is 5.17. The molecule has 1 aliphatic rings. The summed E-state index contributed by atoms with van der Waals surface area (Å²) in [6, 6.07) is 16.5. The van der Waals surface area contributed by atoms with Crippen LogP contribution in [0.2, 0.25) is 5.02 Å². The summed E-state index contributed by atoms with van der Waals surface area (Å²) >= 11 is 6.49. The molecule has 3 aromatic rings. The fraction of sp³-hybridized carbons (Fsp3) is 0.353. The van der Waals surface area contributed by atoms with E-state index >= 15 is 0 Å². The van der Waals surface area contributed by atoms with Gasteiger partial charge in [0.05, 0.1) is 32.8 Å². The Morgan fingerprint density at radius 3 is 2.37 bits per heavy atom. The number of para-hydroxylation sites is 1. The second-order valence-corrected chi connectivity index (χ2v) is 12.1. The van der Waals surface area contributed by atoms with E-state index in [1.165, 1.54) is 33.3 Å². The van der Waals surface area contributed by atoms with Crippen molar-refractivity contribution >= 4 is 41.0 Å². The molecule has 1 heterocycles. The van der Waals surface area contributed by atoms with Crippen LogP contribution in [-0.2, 0) is 30.4 Å². The number of rotatable bonds is 12. The van der Waals surface area contributed by atoms with Crippen LogP contribution < -0.4 is 19.7 Å². The van der Waals surface area contributed by atoms with Crippen molar-refractivity contribution in [3.05, 3.63) is 87.9 Å². The molecule has 1 aliphatic heterocycles. The topological polar surface area (TPSA) is 141 Å². The lowest BCUT2D eigenvalue weighted by molar-refractivity contribution is -0.144. The highest BCUT2D eigenvalue weighted by Gasteiger charge is 2.41. The minimum atomic E-state index is -1.24. The highest BCUT2D eigenvalue weighted by atomic mass is 35.5. The van der Waals surface area contributed by atoms with E-state index < -0.39 is 41.4 Å². The number of amides is 2. The number of carbonyl (C=O) groups is 4. The van der Waals surface area contributed by atoms with E-state index in [2.05, 4.69) is 5.32 Å². The Kier molecular flexibility index (Phi) is 10.9. The van der Waals surface area contributed by atoms with E-state index in [1.807, 2.05) is 13.8 Å². The molecule has 0 fully saturated rings. The summed E-state index contributed by atoms with van der Waals surface area (Å²) in [5, 5.41) is 12.4. The van der Waals surface area contributed by atoms with Gasteiger partial charge in [-0.15, -0.1) is 0 Å². The van der Waals surface area contributed by atoms with Gasteiger partial charge in [0.25, 0.3) is 5.91 Å². The Labute approximate surface area is 272 Å². The predicted molar refractivity (Wildman–Crippen MR) is 170 cm³/mol. The van der Waals surface area contributed by atoms with Gasteiger partial charge >= 0.3 is 11.9 Å². The van der Waals surface area contributed by atoms with Gasteiger partial charge in [-0.2, -0.15) is 0 Å². The van der Waals surface area contributed by atoms with Gasteiger partial charge in [-0.1, -0.05) is 49.7 Å². The van der Waals surface area contributed by atoms with Gasteiger partial charge in [0.2, 0.25) is 5.91 Å². The highest BCUT2D eigenvalue weighted by Crippen LogP contribution is 2.45. The van der Waals surface area contributed by atoms with Crippen molar-refractivity contribution in [3.8, 4) is 11.5 Å². The molecule has 0 saturated heterocycles. The standard InChI is InChI=1S/C34H37ClN2O9/c1-20(38)45-19-34(2,3)18-37-26-14-13-23(35)15-25(26)30(24-7-6-8-27(43-4)31(24)44-5)46-28(32(37)40)16-29(39)36-17-21-9-11-22(12-10-21)33(41)42/h6-15,28,30H,16-19H2,1-5H3,(H,36,39)(H,41,42)/t28-,30-/m1/s1. The number of halogens is 1. The SMILES string of the molecule is COc1cccc([C@H]2O[C@H](CC(=O)NCc3ccc(C(=O)O)cc3)C(=O)N(CC(C)(C)COC(C)=O)c3ccc(Cl)cc32)c1OC. The van der Waals surface area contributed by atoms with Gasteiger partial charge in [0, 0.05) is 47.3 Å². The highest BCUT2D eigenvalue weighted by molar-refractivity contribution is 6.30. The lowest BCUT2D eigenvalue weighted by atomic mass is 9.92. The maximum atomic E-state index is 14.3. The van der Waals surface area contributed by atoms with Crippen molar-refractivity contribution in [3.63, 3.8) is 0 Å². The number of hydrogen-bond donors (Lipinski definition) is 2. The third-order valence-electron chi connectivity index (χ3n) is 7.43. The second kappa shape index (κ2) is 14.7. The van der Waals surface area contributed by atoms with Gasteiger partial charge in [-0.3, -0.25) is 14.4 Å². The lowest BCUT2D eigenvalue weighted by Gasteiger charge is -2.33. The summed E-state index contributed by atoms with van der Waals surface area (Å²) in [5.41, 5.74) is 1.77. The quantitative estimate of drug-likeness (QED) is 0.254. The van der Waals surface area contributed by atoms with Crippen LogP contribution >= 0.6 is 11.6 Å².